The topological polar surface area (TPSA) is 12.5 Å². The van der Waals surface area contributed by atoms with Crippen molar-refractivity contribution in [1.29, 1.82) is 0 Å². The summed E-state index contributed by atoms with van der Waals surface area (Å²) in [5.41, 5.74) is 0.731. The van der Waals surface area contributed by atoms with Gasteiger partial charge in [0.25, 0.3) is 0 Å². The molecule has 1 nitrogen and oxygen atoms in total. The maximum Gasteiger partial charge on any atom is 0.0900 e. The van der Waals surface area contributed by atoms with E-state index in [1.807, 2.05) is 0 Å². The largest absolute Gasteiger partial charge is 0.369 e. The van der Waals surface area contributed by atoms with Gasteiger partial charge in [0.05, 0.1) is 12.2 Å². The van der Waals surface area contributed by atoms with E-state index in [0.29, 0.717) is 0 Å². The number of epoxide rings is 1. The summed E-state index contributed by atoms with van der Waals surface area (Å²) in [6.45, 7) is 0. The van der Waals surface area contributed by atoms with Crippen molar-refractivity contribution in [3.63, 3.8) is 0 Å². The Morgan fingerprint density at radius 3 is 2.73 bits per heavy atom. The number of rotatable bonds is 0. The van der Waals surface area contributed by atoms with Gasteiger partial charge in [-0.05, 0) is 43.9 Å². The van der Waals surface area contributed by atoms with Crippen LogP contribution in [0.25, 0.3) is 0 Å². The Bertz CT molecular complexity index is 215. The Morgan fingerprint density at radius 2 is 2.00 bits per heavy atom. The van der Waals surface area contributed by atoms with E-state index in [1.54, 1.807) is 0 Å². The van der Waals surface area contributed by atoms with Crippen LogP contribution in [-0.2, 0) is 4.74 Å². The van der Waals surface area contributed by atoms with E-state index in [2.05, 4.69) is 0 Å². The van der Waals surface area contributed by atoms with Crippen molar-refractivity contribution >= 4 is 0 Å². The molecule has 0 aromatic rings. The zero-order valence-corrected chi connectivity index (χ0v) is 6.75. The Kier molecular flexibility index (Phi) is 0.706. The first-order valence-electron chi connectivity index (χ1n) is 5.06. The Balaban J connectivity index is 1.87. The van der Waals surface area contributed by atoms with Crippen LogP contribution >= 0.6 is 0 Å². The van der Waals surface area contributed by atoms with E-state index in [0.717, 1.165) is 29.5 Å². The van der Waals surface area contributed by atoms with Crippen molar-refractivity contribution in [2.45, 2.75) is 44.3 Å². The van der Waals surface area contributed by atoms with Crippen molar-refractivity contribution in [3.8, 4) is 0 Å². The molecule has 1 heterocycles. The van der Waals surface area contributed by atoms with Crippen LogP contribution < -0.4 is 0 Å². The lowest BCUT2D eigenvalue weighted by Crippen LogP contribution is -2.24. The van der Waals surface area contributed by atoms with Gasteiger partial charge in [0.1, 0.15) is 0 Å². The summed E-state index contributed by atoms with van der Waals surface area (Å²) >= 11 is 0. The molecule has 11 heavy (non-hydrogen) atoms. The van der Waals surface area contributed by atoms with E-state index in [9.17, 15) is 0 Å². The summed E-state index contributed by atoms with van der Waals surface area (Å²) < 4.78 is 5.69. The molecule has 60 valence electrons. The van der Waals surface area contributed by atoms with Crippen LogP contribution in [-0.4, -0.2) is 12.2 Å². The lowest BCUT2D eigenvalue weighted by molar-refractivity contribution is 0.133. The molecule has 3 atom stereocenters. The van der Waals surface area contributed by atoms with Crippen LogP contribution in [0.2, 0.25) is 0 Å². The second kappa shape index (κ2) is 1.39. The third-order valence-corrected chi connectivity index (χ3v) is 4.90. The highest BCUT2D eigenvalue weighted by molar-refractivity contribution is 5.18. The summed E-state index contributed by atoms with van der Waals surface area (Å²) in [5, 5.41) is 0. The first kappa shape index (κ1) is 5.58. The normalized spacial score (nSPS) is 69.8. The van der Waals surface area contributed by atoms with Gasteiger partial charge in [-0.15, -0.1) is 0 Å². The molecule has 2 bridgehead atoms. The quantitative estimate of drug-likeness (QED) is 0.481. The first-order valence-corrected chi connectivity index (χ1v) is 5.06. The molecule has 4 aliphatic rings. The molecule has 0 aromatic heterocycles. The summed E-state index contributed by atoms with van der Waals surface area (Å²) in [6, 6.07) is 0. The van der Waals surface area contributed by atoms with Gasteiger partial charge in [-0.3, -0.25) is 0 Å². The molecule has 0 amide bonds. The summed E-state index contributed by atoms with van der Waals surface area (Å²) in [4.78, 5) is 0. The smallest absolute Gasteiger partial charge is 0.0900 e. The van der Waals surface area contributed by atoms with Gasteiger partial charge < -0.3 is 4.74 Å². The van der Waals surface area contributed by atoms with Crippen LogP contribution in [0.1, 0.15) is 32.1 Å². The lowest BCUT2D eigenvalue weighted by Gasteiger charge is -2.25. The summed E-state index contributed by atoms with van der Waals surface area (Å²) in [6.07, 6.45) is 8.94. The molecule has 1 aliphatic heterocycles. The Morgan fingerprint density at radius 1 is 1.18 bits per heavy atom. The fraction of sp³-hybridized carbons (Fsp3) is 1.00. The van der Waals surface area contributed by atoms with Crippen LogP contribution in [0.3, 0.4) is 0 Å². The minimum absolute atomic E-state index is 0.725. The zero-order chi connectivity index (χ0) is 7.05. The Labute approximate surface area is 67.1 Å². The number of hydrogen-bond donors (Lipinski definition) is 0. The average molecular weight is 150 g/mol. The minimum Gasteiger partial charge on any atom is -0.369 e. The van der Waals surface area contributed by atoms with E-state index in [4.69, 9.17) is 4.74 Å². The maximum atomic E-state index is 5.69. The molecule has 0 aromatic carbocycles. The van der Waals surface area contributed by atoms with Crippen molar-refractivity contribution < 1.29 is 4.74 Å². The molecule has 1 saturated heterocycles. The molecule has 2 unspecified atom stereocenters. The second-order valence-electron chi connectivity index (χ2n) is 5.01. The molecule has 0 N–H and O–H groups in total. The van der Waals surface area contributed by atoms with Gasteiger partial charge in [-0.25, -0.2) is 0 Å². The molecular weight excluding hydrogens is 136 g/mol. The fourth-order valence-corrected chi connectivity index (χ4v) is 4.42. The predicted molar refractivity (Wildman–Crippen MR) is 41.2 cm³/mol. The highest BCUT2D eigenvalue weighted by atomic mass is 16.6. The molecular formula is C10H14O. The van der Waals surface area contributed by atoms with E-state index < -0.39 is 0 Å². The monoisotopic (exact) mass is 150 g/mol. The van der Waals surface area contributed by atoms with E-state index in [1.165, 1.54) is 32.1 Å². The third kappa shape index (κ3) is 0.438. The summed E-state index contributed by atoms with van der Waals surface area (Å²) in [5.74, 6) is 2.22. The van der Waals surface area contributed by atoms with Crippen molar-refractivity contribution in [2.24, 2.45) is 17.3 Å². The SMILES string of the molecule is C1CC23CCC1C2C[C@H]1OC13. The van der Waals surface area contributed by atoms with E-state index >= 15 is 0 Å². The van der Waals surface area contributed by atoms with Crippen LogP contribution in [0.4, 0.5) is 0 Å². The zero-order valence-electron chi connectivity index (χ0n) is 6.75. The van der Waals surface area contributed by atoms with Gasteiger partial charge in [0.15, 0.2) is 0 Å². The van der Waals surface area contributed by atoms with Gasteiger partial charge in [0.2, 0.25) is 0 Å². The van der Waals surface area contributed by atoms with Gasteiger partial charge in [-0.2, -0.15) is 0 Å². The maximum absolute atomic E-state index is 5.69. The van der Waals surface area contributed by atoms with Gasteiger partial charge in [0, 0.05) is 5.41 Å². The molecule has 0 radical (unpaired) electrons. The van der Waals surface area contributed by atoms with E-state index in [-0.39, 0.29) is 0 Å². The third-order valence-electron chi connectivity index (χ3n) is 4.90. The molecule has 3 aliphatic carbocycles. The number of ether oxygens (including phenoxy) is 1. The predicted octanol–water partition coefficient (Wildman–Crippen LogP) is 1.96. The van der Waals surface area contributed by atoms with Gasteiger partial charge in [-0.1, -0.05) is 0 Å². The Hall–Kier alpha value is -0.0400. The van der Waals surface area contributed by atoms with Crippen LogP contribution in [0.15, 0.2) is 0 Å². The molecule has 1 heteroatoms. The standard InChI is InChI=1S/C10H14O/c1-3-10-4-2-6(1)7(10)5-8-9(10)11-8/h6-9H,1-5H2/t6?,7?,8-,9?,10?/m1/s1. The minimum atomic E-state index is 0.725. The lowest BCUT2D eigenvalue weighted by atomic mass is 9.80. The van der Waals surface area contributed by atoms with Gasteiger partial charge >= 0.3 is 0 Å². The molecule has 0 spiro atoms. The van der Waals surface area contributed by atoms with Crippen LogP contribution in [0.5, 0.6) is 0 Å². The fourth-order valence-electron chi connectivity index (χ4n) is 4.42. The number of hydrogen-bond acceptors (Lipinski definition) is 1. The average Bonchev–Trinajstić information content (AvgIpc) is 2.46. The molecule has 4 fully saturated rings. The van der Waals surface area contributed by atoms with Crippen molar-refractivity contribution in [3.05, 3.63) is 0 Å². The van der Waals surface area contributed by atoms with Crippen LogP contribution in [0, 0.1) is 17.3 Å². The highest BCUT2D eigenvalue weighted by Crippen LogP contribution is 2.71. The van der Waals surface area contributed by atoms with Crippen molar-refractivity contribution in [1.82, 2.24) is 0 Å². The first-order chi connectivity index (χ1) is 5.40. The van der Waals surface area contributed by atoms with Crippen molar-refractivity contribution in [2.75, 3.05) is 0 Å². The highest BCUT2D eigenvalue weighted by Gasteiger charge is 2.70. The second-order valence-corrected chi connectivity index (χ2v) is 5.01. The summed E-state index contributed by atoms with van der Waals surface area (Å²) in [7, 11) is 0. The molecule has 3 saturated carbocycles. The molecule has 4 rings (SSSR count). The number of fused-ring (bicyclic) bond motifs is 1.